The lowest BCUT2D eigenvalue weighted by Gasteiger charge is -2.19. The van der Waals surface area contributed by atoms with E-state index >= 15 is 0 Å². The minimum absolute atomic E-state index is 0.155. The van der Waals surface area contributed by atoms with Gasteiger partial charge in [-0.15, -0.1) is 6.58 Å². The van der Waals surface area contributed by atoms with Gasteiger partial charge >= 0.3 is 0 Å². The van der Waals surface area contributed by atoms with Gasteiger partial charge in [0, 0.05) is 5.92 Å². The minimum Gasteiger partial charge on any atom is -0.392 e. The molecule has 2 aliphatic carbocycles. The van der Waals surface area contributed by atoms with E-state index < -0.39 is 0 Å². The van der Waals surface area contributed by atoms with Gasteiger partial charge < -0.3 is 5.11 Å². The molecule has 1 N–H and O–H groups in total. The molecule has 0 radical (unpaired) electrons. The topological polar surface area (TPSA) is 20.2 Å². The molecule has 1 fully saturated rings. The molecule has 72 valence electrons. The molecule has 1 saturated carbocycles. The molecule has 4 atom stereocenters. The fraction of sp³-hybridized carbons (Fsp3) is 0.385. The quantitative estimate of drug-likeness (QED) is 0.668. The van der Waals surface area contributed by atoms with Gasteiger partial charge in [0.2, 0.25) is 0 Å². The van der Waals surface area contributed by atoms with Gasteiger partial charge in [-0.2, -0.15) is 0 Å². The van der Waals surface area contributed by atoms with E-state index in [0.29, 0.717) is 17.8 Å². The molecule has 0 aromatic heterocycles. The van der Waals surface area contributed by atoms with Gasteiger partial charge in [0.05, 0.1) is 6.10 Å². The fourth-order valence-corrected chi connectivity index (χ4v) is 3.28. The predicted molar refractivity (Wildman–Crippen MR) is 56.2 cm³/mol. The van der Waals surface area contributed by atoms with Gasteiger partial charge in [-0.3, -0.25) is 0 Å². The second-order valence-corrected chi connectivity index (χ2v) is 4.38. The first kappa shape index (κ1) is 8.25. The average molecular weight is 186 g/mol. The Morgan fingerprint density at radius 3 is 2.71 bits per heavy atom. The van der Waals surface area contributed by atoms with Crippen molar-refractivity contribution in [2.24, 2.45) is 5.92 Å². The molecule has 2 aliphatic rings. The Kier molecular flexibility index (Phi) is 1.59. The highest BCUT2D eigenvalue weighted by molar-refractivity contribution is 5.45. The SMILES string of the molecule is C=C[C@H]1[C@@H]2c3ccccc3[C@H]1C[C@H]2O. The summed E-state index contributed by atoms with van der Waals surface area (Å²) in [7, 11) is 0. The van der Waals surface area contributed by atoms with Crippen molar-refractivity contribution in [2.45, 2.75) is 24.4 Å². The van der Waals surface area contributed by atoms with E-state index in [0.717, 1.165) is 6.42 Å². The third kappa shape index (κ3) is 0.833. The van der Waals surface area contributed by atoms with Crippen LogP contribution in [0.25, 0.3) is 0 Å². The van der Waals surface area contributed by atoms with Gasteiger partial charge in [0.15, 0.2) is 0 Å². The smallest absolute Gasteiger partial charge is 0.0620 e. The van der Waals surface area contributed by atoms with Crippen molar-refractivity contribution in [2.75, 3.05) is 0 Å². The highest BCUT2D eigenvalue weighted by Crippen LogP contribution is 2.57. The number of allylic oxidation sites excluding steroid dienone is 1. The Morgan fingerprint density at radius 2 is 2.00 bits per heavy atom. The van der Waals surface area contributed by atoms with Crippen molar-refractivity contribution < 1.29 is 5.11 Å². The summed E-state index contributed by atoms with van der Waals surface area (Å²) >= 11 is 0. The summed E-state index contributed by atoms with van der Waals surface area (Å²) in [5.74, 6) is 1.29. The van der Waals surface area contributed by atoms with Crippen LogP contribution in [0.3, 0.4) is 0 Å². The Bertz CT molecular complexity index is 383. The second-order valence-electron chi connectivity index (χ2n) is 4.38. The van der Waals surface area contributed by atoms with Crippen molar-refractivity contribution in [3.8, 4) is 0 Å². The van der Waals surface area contributed by atoms with Crippen LogP contribution in [0.5, 0.6) is 0 Å². The molecule has 0 spiro atoms. The molecule has 1 aromatic rings. The van der Waals surface area contributed by atoms with E-state index in [1.807, 2.05) is 6.08 Å². The fourth-order valence-electron chi connectivity index (χ4n) is 3.28. The number of hydrogen-bond acceptors (Lipinski definition) is 1. The molecular weight excluding hydrogens is 172 g/mol. The van der Waals surface area contributed by atoms with Gasteiger partial charge in [0.1, 0.15) is 0 Å². The van der Waals surface area contributed by atoms with Crippen LogP contribution in [0.2, 0.25) is 0 Å². The molecule has 3 rings (SSSR count). The van der Waals surface area contributed by atoms with Crippen LogP contribution in [-0.2, 0) is 0 Å². The summed E-state index contributed by atoms with van der Waals surface area (Å²) in [5.41, 5.74) is 2.79. The summed E-state index contributed by atoms with van der Waals surface area (Å²) in [5, 5.41) is 9.92. The average Bonchev–Trinajstić information content (AvgIpc) is 2.69. The standard InChI is InChI=1S/C13H14O/c1-2-8-11-7-12(14)13(8)10-6-4-3-5-9(10)11/h2-6,8,11-14H,1,7H2/t8-,11+,12-,13-/m1/s1. The van der Waals surface area contributed by atoms with Crippen molar-refractivity contribution in [1.82, 2.24) is 0 Å². The van der Waals surface area contributed by atoms with Gasteiger partial charge in [0.25, 0.3) is 0 Å². The van der Waals surface area contributed by atoms with Crippen molar-refractivity contribution in [3.05, 3.63) is 48.0 Å². The molecule has 1 heteroatoms. The zero-order chi connectivity index (χ0) is 9.71. The number of rotatable bonds is 1. The normalized spacial score (nSPS) is 38.4. The molecule has 14 heavy (non-hydrogen) atoms. The number of hydrogen-bond donors (Lipinski definition) is 1. The maximum absolute atomic E-state index is 9.92. The monoisotopic (exact) mass is 186 g/mol. The molecule has 0 saturated heterocycles. The van der Waals surface area contributed by atoms with Crippen LogP contribution >= 0.6 is 0 Å². The lowest BCUT2D eigenvalue weighted by molar-refractivity contribution is 0.155. The largest absolute Gasteiger partial charge is 0.392 e. The van der Waals surface area contributed by atoms with Crippen LogP contribution in [0, 0.1) is 5.92 Å². The lowest BCUT2D eigenvalue weighted by atomic mass is 9.90. The Hall–Kier alpha value is -1.08. The van der Waals surface area contributed by atoms with E-state index in [1.165, 1.54) is 11.1 Å². The third-order valence-corrected chi connectivity index (χ3v) is 3.82. The molecule has 1 aromatic carbocycles. The molecule has 0 unspecified atom stereocenters. The highest BCUT2D eigenvalue weighted by atomic mass is 16.3. The second kappa shape index (κ2) is 2.71. The van der Waals surface area contributed by atoms with E-state index in [1.54, 1.807) is 0 Å². The first-order chi connectivity index (χ1) is 6.83. The van der Waals surface area contributed by atoms with Crippen molar-refractivity contribution in [1.29, 1.82) is 0 Å². The molecule has 0 aliphatic heterocycles. The molecule has 0 amide bonds. The minimum atomic E-state index is -0.155. The number of benzene rings is 1. The Labute approximate surface area is 84.1 Å². The Balaban J connectivity index is 2.17. The molecule has 2 bridgehead atoms. The zero-order valence-corrected chi connectivity index (χ0v) is 8.06. The maximum atomic E-state index is 9.92. The summed E-state index contributed by atoms with van der Waals surface area (Å²) in [6, 6.07) is 8.50. The number of fused-ring (bicyclic) bond motifs is 5. The lowest BCUT2D eigenvalue weighted by Crippen LogP contribution is -2.15. The van der Waals surface area contributed by atoms with Crippen molar-refractivity contribution in [3.63, 3.8) is 0 Å². The van der Waals surface area contributed by atoms with Crippen LogP contribution in [0.15, 0.2) is 36.9 Å². The zero-order valence-electron chi connectivity index (χ0n) is 8.06. The predicted octanol–water partition coefficient (Wildman–Crippen LogP) is 2.43. The van der Waals surface area contributed by atoms with Crippen LogP contribution < -0.4 is 0 Å². The van der Waals surface area contributed by atoms with Crippen molar-refractivity contribution >= 4 is 0 Å². The number of aliphatic hydroxyl groups is 1. The summed E-state index contributed by atoms with van der Waals surface area (Å²) in [6.45, 7) is 3.89. The van der Waals surface area contributed by atoms with E-state index in [9.17, 15) is 5.11 Å². The molecule has 0 heterocycles. The van der Waals surface area contributed by atoms with Crippen LogP contribution in [0.1, 0.15) is 29.4 Å². The first-order valence-electron chi connectivity index (χ1n) is 5.22. The maximum Gasteiger partial charge on any atom is 0.0620 e. The third-order valence-electron chi connectivity index (χ3n) is 3.82. The summed E-state index contributed by atoms with van der Waals surface area (Å²) in [4.78, 5) is 0. The van der Waals surface area contributed by atoms with E-state index in [4.69, 9.17) is 0 Å². The van der Waals surface area contributed by atoms with Gasteiger partial charge in [-0.05, 0) is 29.4 Å². The molecule has 1 nitrogen and oxygen atoms in total. The van der Waals surface area contributed by atoms with Gasteiger partial charge in [-0.25, -0.2) is 0 Å². The first-order valence-corrected chi connectivity index (χ1v) is 5.22. The molecular formula is C13H14O. The van der Waals surface area contributed by atoms with Crippen LogP contribution in [-0.4, -0.2) is 11.2 Å². The van der Waals surface area contributed by atoms with Crippen LogP contribution in [0.4, 0.5) is 0 Å². The van der Waals surface area contributed by atoms with E-state index in [2.05, 4.69) is 30.8 Å². The Morgan fingerprint density at radius 1 is 1.29 bits per heavy atom. The van der Waals surface area contributed by atoms with E-state index in [-0.39, 0.29) is 6.10 Å². The highest BCUT2D eigenvalue weighted by Gasteiger charge is 2.49. The van der Waals surface area contributed by atoms with Gasteiger partial charge in [-0.1, -0.05) is 30.3 Å². The number of aliphatic hydroxyl groups excluding tert-OH is 1. The summed E-state index contributed by atoms with van der Waals surface area (Å²) in [6.07, 6.45) is 2.78. The summed E-state index contributed by atoms with van der Waals surface area (Å²) < 4.78 is 0.